The molecule has 196 valence electrons. The van der Waals surface area contributed by atoms with E-state index in [9.17, 15) is 18.0 Å². The summed E-state index contributed by atoms with van der Waals surface area (Å²) in [6.45, 7) is 4.30. The number of hydrogen-bond donors (Lipinski definition) is 1. The topological polar surface area (TPSA) is 105 Å². The Balaban J connectivity index is 1.86. The number of nitrogens with zero attached hydrogens (tertiary/aromatic N) is 2. The van der Waals surface area contributed by atoms with Crippen LogP contribution in [0.5, 0.6) is 11.5 Å². The fourth-order valence-electron chi connectivity index (χ4n) is 4.06. The number of fused-ring (bicyclic) bond motifs is 1. The van der Waals surface area contributed by atoms with Crippen molar-refractivity contribution in [3.05, 3.63) is 54.1 Å². The molecular formula is C26H35N3O6S. The summed E-state index contributed by atoms with van der Waals surface area (Å²) in [6.07, 6.45) is 3.77. The largest absolute Gasteiger partial charge is 0.454 e. The second-order valence-corrected chi connectivity index (χ2v) is 10.6. The van der Waals surface area contributed by atoms with E-state index in [1.807, 2.05) is 44.2 Å². The van der Waals surface area contributed by atoms with Gasteiger partial charge < -0.3 is 19.7 Å². The van der Waals surface area contributed by atoms with Crippen molar-refractivity contribution in [2.24, 2.45) is 0 Å². The van der Waals surface area contributed by atoms with Gasteiger partial charge in [-0.25, -0.2) is 8.42 Å². The predicted octanol–water partition coefficient (Wildman–Crippen LogP) is 2.95. The fraction of sp³-hybridized carbons (Fsp3) is 0.462. The molecule has 0 saturated carbocycles. The smallest absolute Gasteiger partial charge is 0.244 e. The van der Waals surface area contributed by atoms with Crippen molar-refractivity contribution in [2.75, 3.05) is 37.0 Å². The molecule has 0 spiro atoms. The normalized spacial score (nSPS) is 13.2. The Labute approximate surface area is 213 Å². The number of ether oxygens (including phenoxy) is 2. The summed E-state index contributed by atoms with van der Waals surface area (Å²) in [4.78, 5) is 28.2. The maximum atomic E-state index is 13.6. The minimum atomic E-state index is -3.81. The van der Waals surface area contributed by atoms with Crippen LogP contribution in [0.1, 0.15) is 38.7 Å². The maximum Gasteiger partial charge on any atom is 0.244 e. The van der Waals surface area contributed by atoms with E-state index in [0.29, 0.717) is 36.6 Å². The van der Waals surface area contributed by atoms with E-state index in [1.165, 1.54) is 4.90 Å². The molecule has 0 unspecified atom stereocenters. The van der Waals surface area contributed by atoms with Crippen molar-refractivity contribution < 1.29 is 27.5 Å². The van der Waals surface area contributed by atoms with Crippen LogP contribution in [0.25, 0.3) is 0 Å². The lowest BCUT2D eigenvalue weighted by Crippen LogP contribution is -2.53. The maximum absolute atomic E-state index is 13.6. The Kier molecular flexibility index (Phi) is 9.58. The number of amides is 2. The fourth-order valence-corrected chi connectivity index (χ4v) is 4.90. The van der Waals surface area contributed by atoms with Crippen LogP contribution in [-0.2, 0) is 26.0 Å². The predicted molar refractivity (Wildman–Crippen MR) is 139 cm³/mol. The van der Waals surface area contributed by atoms with E-state index in [-0.39, 0.29) is 19.2 Å². The molecule has 2 aromatic rings. The van der Waals surface area contributed by atoms with Crippen LogP contribution < -0.4 is 19.1 Å². The summed E-state index contributed by atoms with van der Waals surface area (Å²) in [5.74, 6) is 0.238. The number of hydrogen-bond acceptors (Lipinski definition) is 6. The number of carbonyl (C=O) groups is 2. The average molecular weight is 518 g/mol. The first-order valence-electron chi connectivity index (χ1n) is 12.2. The van der Waals surface area contributed by atoms with Gasteiger partial charge in [-0.3, -0.25) is 13.9 Å². The number of sulfonamides is 1. The molecule has 0 fully saturated rings. The number of carbonyl (C=O) groups excluding carboxylic acids is 2. The highest BCUT2D eigenvalue weighted by molar-refractivity contribution is 7.92. The molecule has 36 heavy (non-hydrogen) atoms. The molecule has 1 atom stereocenters. The monoisotopic (exact) mass is 517 g/mol. The van der Waals surface area contributed by atoms with Gasteiger partial charge in [0, 0.05) is 19.2 Å². The zero-order valence-corrected chi connectivity index (χ0v) is 21.9. The highest BCUT2D eigenvalue weighted by atomic mass is 32.2. The standard InChI is InChI=1S/C26H35N3O6S/c1-4-6-15-27-26(31)22(5-2)28(16-14-20-10-8-7-9-11-20)25(30)18-29(36(3,32)33)21-12-13-23-24(17-21)35-19-34-23/h7-13,17,22H,4-6,14-16,18-19H2,1-3H3,(H,27,31)/t22-/m0/s1. The van der Waals surface area contributed by atoms with Crippen molar-refractivity contribution in [3.8, 4) is 11.5 Å². The lowest BCUT2D eigenvalue weighted by molar-refractivity contribution is -0.139. The third-order valence-electron chi connectivity index (χ3n) is 6.02. The van der Waals surface area contributed by atoms with Crippen molar-refractivity contribution in [2.45, 2.75) is 45.6 Å². The van der Waals surface area contributed by atoms with Gasteiger partial charge >= 0.3 is 0 Å². The highest BCUT2D eigenvalue weighted by Gasteiger charge is 2.31. The molecule has 1 aliphatic rings. The van der Waals surface area contributed by atoms with Gasteiger partial charge in [0.2, 0.25) is 28.6 Å². The summed E-state index contributed by atoms with van der Waals surface area (Å²) >= 11 is 0. The number of unbranched alkanes of at least 4 members (excludes halogenated alkanes) is 1. The van der Waals surface area contributed by atoms with E-state index >= 15 is 0 Å². The molecular weight excluding hydrogens is 482 g/mol. The van der Waals surface area contributed by atoms with Gasteiger partial charge in [-0.2, -0.15) is 0 Å². The summed E-state index contributed by atoms with van der Waals surface area (Å²) in [6, 6.07) is 13.7. The molecule has 2 amide bonds. The quantitative estimate of drug-likeness (QED) is 0.410. The molecule has 0 saturated heterocycles. The van der Waals surface area contributed by atoms with Crippen molar-refractivity contribution in [1.29, 1.82) is 0 Å². The third kappa shape index (κ3) is 7.13. The number of anilines is 1. The van der Waals surface area contributed by atoms with Crippen molar-refractivity contribution in [3.63, 3.8) is 0 Å². The minimum absolute atomic E-state index is 0.0508. The van der Waals surface area contributed by atoms with Crippen LogP contribution in [0, 0.1) is 0 Å². The molecule has 0 radical (unpaired) electrons. The van der Waals surface area contributed by atoms with Gasteiger partial charge in [0.25, 0.3) is 0 Å². The molecule has 0 aliphatic carbocycles. The van der Waals surface area contributed by atoms with Gasteiger partial charge in [-0.1, -0.05) is 50.6 Å². The SMILES string of the molecule is CCCCNC(=O)[C@H](CC)N(CCc1ccccc1)C(=O)CN(c1ccc2c(c1)OCO2)S(C)(=O)=O. The zero-order chi connectivity index (χ0) is 26.1. The number of benzene rings is 2. The van der Waals surface area contributed by atoms with E-state index in [2.05, 4.69) is 5.32 Å². The Hall–Kier alpha value is -3.27. The van der Waals surface area contributed by atoms with Gasteiger partial charge in [-0.15, -0.1) is 0 Å². The minimum Gasteiger partial charge on any atom is -0.454 e. The first-order chi connectivity index (χ1) is 17.2. The van der Waals surface area contributed by atoms with E-state index in [1.54, 1.807) is 18.2 Å². The molecule has 2 aromatic carbocycles. The Morgan fingerprint density at radius 3 is 2.44 bits per heavy atom. The van der Waals surface area contributed by atoms with Crippen LogP contribution in [-0.4, -0.2) is 63.9 Å². The summed E-state index contributed by atoms with van der Waals surface area (Å²) < 4.78 is 37.2. The van der Waals surface area contributed by atoms with E-state index in [4.69, 9.17) is 9.47 Å². The van der Waals surface area contributed by atoms with Crippen LogP contribution >= 0.6 is 0 Å². The number of rotatable bonds is 13. The average Bonchev–Trinajstić information content (AvgIpc) is 3.33. The van der Waals surface area contributed by atoms with Crippen LogP contribution in [0.3, 0.4) is 0 Å². The summed E-state index contributed by atoms with van der Waals surface area (Å²) in [7, 11) is -3.81. The Morgan fingerprint density at radius 1 is 1.06 bits per heavy atom. The lowest BCUT2D eigenvalue weighted by Gasteiger charge is -2.33. The summed E-state index contributed by atoms with van der Waals surface area (Å²) in [5.41, 5.74) is 1.31. The lowest BCUT2D eigenvalue weighted by atomic mass is 10.1. The highest BCUT2D eigenvalue weighted by Crippen LogP contribution is 2.36. The third-order valence-corrected chi connectivity index (χ3v) is 7.16. The van der Waals surface area contributed by atoms with Crippen molar-refractivity contribution in [1.82, 2.24) is 10.2 Å². The molecule has 3 rings (SSSR count). The summed E-state index contributed by atoms with van der Waals surface area (Å²) in [5, 5.41) is 2.92. The second-order valence-electron chi connectivity index (χ2n) is 8.70. The molecule has 0 bridgehead atoms. The Bertz CT molecular complexity index is 1140. The van der Waals surface area contributed by atoms with Gasteiger partial charge in [0.1, 0.15) is 12.6 Å². The number of nitrogens with one attached hydrogen (secondary N) is 1. The molecule has 9 nitrogen and oxygen atoms in total. The van der Waals surface area contributed by atoms with Crippen LogP contribution in [0.4, 0.5) is 5.69 Å². The van der Waals surface area contributed by atoms with E-state index in [0.717, 1.165) is 29.0 Å². The zero-order valence-electron chi connectivity index (χ0n) is 21.1. The van der Waals surface area contributed by atoms with Crippen LogP contribution in [0.15, 0.2) is 48.5 Å². The molecule has 1 N–H and O–H groups in total. The van der Waals surface area contributed by atoms with Gasteiger partial charge in [0.05, 0.1) is 11.9 Å². The van der Waals surface area contributed by atoms with Crippen LogP contribution in [0.2, 0.25) is 0 Å². The molecule has 1 aliphatic heterocycles. The molecule has 1 heterocycles. The Morgan fingerprint density at radius 2 is 1.78 bits per heavy atom. The second kappa shape index (κ2) is 12.6. The molecule has 10 heteroatoms. The van der Waals surface area contributed by atoms with E-state index < -0.39 is 28.5 Å². The first kappa shape index (κ1) is 27.3. The first-order valence-corrected chi connectivity index (χ1v) is 14.1. The van der Waals surface area contributed by atoms with Gasteiger partial charge in [-0.05, 0) is 37.0 Å². The van der Waals surface area contributed by atoms with Gasteiger partial charge in [0.15, 0.2) is 11.5 Å². The molecule has 0 aromatic heterocycles. The van der Waals surface area contributed by atoms with Crippen molar-refractivity contribution >= 4 is 27.5 Å².